The number of aromatic nitrogens is 1. The largest absolute Gasteiger partial charge is 0.389 e. The monoisotopic (exact) mass is 263 g/mol. The van der Waals surface area contributed by atoms with Crippen LogP contribution in [0.4, 0.5) is 5.82 Å². The highest BCUT2D eigenvalue weighted by molar-refractivity contribution is 5.41. The molecule has 0 amide bonds. The second-order valence-electron chi connectivity index (χ2n) is 5.50. The molecule has 4 nitrogen and oxygen atoms in total. The van der Waals surface area contributed by atoms with E-state index in [9.17, 15) is 5.11 Å². The molecule has 1 unspecified atom stereocenters. The van der Waals surface area contributed by atoms with Gasteiger partial charge < -0.3 is 14.9 Å². The van der Waals surface area contributed by atoms with E-state index in [1.165, 1.54) is 6.42 Å². The summed E-state index contributed by atoms with van der Waals surface area (Å²) < 4.78 is 0. The molecule has 19 heavy (non-hydrogen) atoms. The molecule has 1 fully saturated rings. The average Bonchev–Trinajstić information content (AvgIpc) is 2.60. The number of rotatable bonds is 3. The minimum atomic E-state index is -0.446. The number of hydrogen-bond donors (Lipinski definition) is 1. The normalized spacial score (nSPS) is 23.2. The highest BCUT2D eigenvalue weighted by Crippen LogP contribution is 2.21. The molecule has 2 heterocycles. The zero-order chi connectivity index (χ0) is 13.8. The maximum absolute atomic E-state index is 9.54. The van der Waals surface area contributed by atoms with Gasteiger partial charge in [-0.1, -0.05) is 13.0 Å². The smallest absolute Gasteiger partial charge is 0.128 e. The fourth-order valence-corrected chi connectivity index (χ4v) is 2.71. The molecule has 1 aliphatic heterocycles. The van der Waals surface area contributed by atoms with Gasteiger partial charge in [0.25, 0.3) is 0 Å². The molecular formula is C15H25N3O. The van der Waals surface area contributed by atoms with E-state index in [0.717, 1.165) is 37.4 Å². The van der Waals surface area contributed by atoms with E-state index in [1.807, 2.05) is 12.1 Å². The van der Waals surface area contributed by atoms with Crippen LogP contribution in [-0.2, 0) is 0 Å². The van der Waals surface area contributed by atoms with Crippen LogP contribution in [-0.4, -0.2) is 47.7 Å². The molecule has 1 N–H and O–H groups in total. The van der Waals surface area contributed by atoms with Crippen molar-refractivity contribution < 1.29 is 5.11 Å². The lowest BCUT2D eigenvalue weighted by Crippen LogP contribution is -2.40. The van der Waals surface area contributed by atoms with Crippen LogP contribution in [0.3, 0.4) is 0 Å². The van der Waals surface area contributed by atoms with Gasteiger partial charge in [0.2, 0.25) is 0 Å². The minimum Gasteiger partial charge on any atom is -0.389 e. The number of pyridine rings is 1. The summed E-state index contributed by atoms with van der Waals surface area (Å²) in [6.45, 7) is 7.31. The van der Waals surface area contributed by atoms with Crippen LogP contribution >= 0.6 is 0 Å². The third-order valence-electron chi connectivity index (χ3n) is 3.92. The van der Waals surface area contributed by atoms with Gasteiger partial charge >= 0.3 is 0 Å². The lowest BCUT2D eigenvalue weighted by Gasteiger charge is -2.31. The summed E-state index contributed by atoms with van der Waals surface area (Å²) in [6, 6.07) is 4.54. The van der Waals surface area contributed by atoms with E-state index in [4.69, 9.17) is 0 Å². The lowest BCUT2D eigenvalue weighted by molar-refractivity contribution is 0.199. The number of likely N-dealkylation sites (N-methyl/N-ethyl adjacent to an activating group) is 1. The number of anilines is 1. The van der Waals surface area contributed by atoms with Crippen molar-refractivity contribution in [3.63, 3.8) is 0 Å². The van der Waals surface area contributed by atoms with Crippen LogP contribution in [0.15, 0.2) is 18.3 Å². The van der Waals surface area contributed by atoms with Crippen molar-refractivity contribution in [1.29, 1.82) is 0 Å². The quantitative estimate of drug-likeness (QED) is 0.906. The summed E-state index contributed by atoms with van der Waals surface area (Å²) in [7, 11) is 2.19. The molecule has 0 spiro atoms. The summed E-state index contributed by atoms with van der Waals surface area (Å²) in [5, 5.41) is 9.54. The van der Waals surface area contributed by atoms with Crippen LogP contribution in [0.25, 0.3) is 0 Å². The van der Waals surface area contributed by atoms with Gasteiger partial charge in [-0.3, -0.25) is 0 Å². The Bertz CT molecular complexity index is 391. The van der Waals surface area contributed by atoms with Crippen LogP contribution in [0.2, 0.25) is 0 Å². The van der Waals surface area contributed by atoms with Crippen LogP contribution < -0.4 is 4.90 Å². The molecule has 1 aromatic rings. The zero-order valence-electron chi connectivity index (χ0n) is 12.2. The molecule has 2 atom stereocenters. The maximum atomic E-state index is 9.54. The van der Waals surface area contributed by atoms with Gasteiger partial charge in [-0.2, -0.15) is 0 Å². The molecule has 4 heteroatoms. The molecule has 0 aromatic carbocycles. The summed E-state index contributed by atoms with van der Waals surface area (Å²) >= 11 is 0. The minimum absolute atomic E-state index is 0.446. The zero-order valence-corrected chi connectivity index (χ0v) is 12.2. The first-order chi connectivity index (χ1) is 9.11. The Kier molecular flexibility index (Phi) is 4.77. The first kappa shape index (κ1) is 14.3. The van der Waals surface area contributed by atoms with Gasteiger partial charge in [-0.05, 0) is 45.0 Å². The van der Waals surface area contributed by atoms with Crippen molar-refractivity contribution in [2.45, 2.75) is 38.8 Å². The van der Waals surface area contributed by atoms with Gasteiger partial charge in [0.05, 0.1) is 6.10 Å². The Labute approximate surface area is 116 Å². The van der Waals surface area contributed by atoms with Gasteiger partial charge in [-0.25, -0.2) is 4.98 Å². The molecule has 0 saturated carbocycles. The van der Waals surface area contributed by atoms with Gasteiger partial charge in [-0.15, -0.1) is 0 Å². The predicted molar refractivity (Wildman–Crippen MR) is 78.4 cm³/mol. The highest BCUT2D eigenvalue weighted by Gasteiger charge is 2.22. The van der Waals surface area contributed by atoms with Gasteiger partial charge in [0, 0.05) is 25.3 Å². The fraction of sp³-hybridized carbons (Fsp3) is 0.667. The molecule has 0 bridgehead atoms. The summed E-state index contributed by atoms with van der Waals surface area (Å²) in [6.07, 6.45) is 3.65. The van der Waals surface area contributed by atoms with Crippen molar-refractivity contribution >= 4 is 5.82 Å². The number of nitrogens with zero attached hydrogens (tertiary/aromatic N) is 3. The van der Waals surface area contributed by atoms with E-state index in [-0.39, 0.29) is 0 Å². The van der Waals surface area contributed by atoms with E-state index in [1.54, 1.807) is 13.1 Å². The van der Waals surface area contributed by atoms with E-state index in [0.29, 0.717) is 6.04 Å². The van der Waals surface area contributed by atoms with Crippen molar-refractivity contribution in [2.75, 3.05) is 31.6 Å². The third-order valence-corrected chi connectivity index (χ3v) is 3.92. The standard InChI is InChI=1S/C15H25N3O/c1-4-14-11-17(3)8-5-9-18(14)15-7-6-13(10-16-15)12(2)19/h6-7,10,12,14,19H,4-5,8-9,11H2,1-3H3/t12-,14?/m1/s1. The first-order valence-corrected chi connectivity index (χ1v) is 7.21. The molecule has 0 radical (unpaired) electrons. The maximum Gasteiger partial charge on any atom is 0.128 e. The summed E-state index contributed by atoms with van der Waals surface area (Å²) in [4.78, 5) is 9.35. The Balaban J connectivity index is 2.17. The van der Waals surface area contributed by atoms with Crippen molar-refractivity contribution in [3.8, 4) is 0 Å². The fourth-order valence-electron chi connectivity index (χ4n) is 2.71. The average molecular weight is 263 g/mol. The van der Waals surface area contributed by atoms with Crippen LogP contribution in [0, 0.1) is 0 Å². The summed E-state index contributed by atoms with van der Waals surface area (Å²) in [5.41, 5.74) is 0.878. The Morgan fingerprint density at radius 3 is 2.79 bits per heavy atom. The molecule has 2 rings (SSSR count). The molecular weight excluding hydrogens is 238 g/mol. The predicted octanol–water partition coefficient (Wildman–Crippen LogP) is 2.06. The first-order valence-electron chi connectivity index (χ1n) is 7.21. The number of aliphatic hydroxyl groups excluding tert-OH is 1. The van der Waals surface area contributed by atoms with E-state index >= 15 is 0 Å². The Morgan fingerprint density at radius 2 is 2.21 bits per heavy atom. The summed E-state index contributed by atoms with van der Waals surface area (Å²) in [5.74, 6) is 1.03. The topological polar surface area (TPSA) is 39.6 Å². The lowest BCUT2D eigenvalue weighted by atomic mass is 10.1. The van der Waals surface area contributed by atoms with Crippen molar-refractivity contribution in [2.24, 2.45) is 0 Å². The van der Waals surface area contributed by atoms with Crippen LogP contribution in [0.5, 0.6) is 0 Å². The molecule has 1 aliphatic rings. The van der Waals surface area contributed by atoms with Gasteiger partial charge in [0.15, 0.2) is 0 Å². The van der Waals surface area contributed by atoms with E-state index < -0.39 is 6.10 Å². The van der Waals surface area contributed by atoms with Crippen molar-refractivity contribution in [1.82, 2.24) is 9.88 Å². The van der Waals surface area contributed by atoms with Crippen LogP contribution in [0.1, 0.15) is 38.4 Å². The Morgan fingerprint density at radius 1 is 1.42 bits per heavy atom. The van der Waals surface area contributed by atoms with Crippen molar-refractivity contribution in [3.05, 3.63) is 23.9 Å². The second-order valence-corrected chi connectivity index (χ2v) is 5.50. The van der Waals surface area contributed by atoms with Gasteiger partial charge in [0.1, 0.15) is 5.82 Å². The van der Waals surface area contributed by atoms with E-state index in [2.05, 4.69) is 28.8 Å². The molecule has 1 aromatic heterocycles. The SMILES string of the molecule is CCC1CN(C)CCCN1c1ccc([C@@H](C)O)cn1. The number of aliphatic hydroxyl groups is 1. The molecule has 1 saturated heterocycles. The third kappa shape index (κ3) is 3.45. The second kappa shape index (κ2) is 6.35. The number of hydrogen-bond acceptors (Lipinski definition) is 4. The Hall–Kier alpha value is -1.13. The molecule has 106 valence electrons. The highest BCUT2D eigenvalue weighted by atomic mass is 16.3. The molecule has 0 aliphatic carbocycles.